The molecule has 1 atom stereocenters. The van der Waals surface area contributed by atoms with Gasteiger partial charge < -0.3 is 15.2 Å². The molecule has 6 nitrogen and oxygen atoms in total. The fourth-order valence-electron chi connectivity index (χ4n) is 1.36. The highest BCUT2D eigenvalue weighted by Gasteiger charge is 2.15. The number of hydrogen-bond acceptors (Lipinski definition) is 3. The number of aromatic nitrogens is 1. The molecule has 0 radical (unpaired) electrons. The summed E-state index contributed by atoms with van der Waals surface area (Å²) in [6.07, 6.45) is 1.51. The van der Waals surface area contributed by atoms with E-state index in [4.69, 9.17) is 0 Å². The summed E-state index contributed by atoms with van der Waals surface area (Å²) in [5, 5.41) is 5.13. The molecule has 0 bridgehead atoms. The number of nitrogens with zero attached hydrogens (tertiary/aromatic N) is 1. The number of rotatable bonds is 4. The average Bonchev–Trinajstić information content (AvgIpc) is 2.32. The molecule has 1 unspecified atom stereocenters. The van der Waals surface area contributed by atoms with Crippen LogP contribution in [0.1, 0.15) is 24.2 Å². The van der Waals surface area contributed by atoms with Crippen molar-refractivity contribution in [2.75, 3.05) is 6.54 Å². The Labute approximate surface area is 105 Å². The first-order chi connectivity index (χ1) is 8.45. The first-order valence-electron chi connectivity index (χ1n) is 5.71. The van der Waals surface area contributed by atoms with Crippen LogP contribution >= 0.6 is 0 Å². The summed E-state index contributed by atoms with van der Waals surface area (Å²) in [6, 6.07) is 2.13. The van der Waals surface area contributed by atoms with Crippen molar-refractivity contribution in [3.05, 3.63) is 34.2 Å². The number of carbonyl (C=O) groups is 2. The van der Waals surface area contributed by atoms with E-state index >= 15 is 0 Å². The molecule has 0 aromatic carbocycles. The summed E-state index contributed by atoms with van der Waals surface area (Å²) < 4.78 is 1.37. The highest BCUT2D eigenvalue weighted by molar-refractivity contribution is 5.97. The van der Waals surface area contributed by atoms with Crippen molar-refractivity contribution in [1.82, 2.24) is 15.2 Å². The number of carbonyl (C=O) groups excluding carboxylic acids is 2. The van der Waals surface area contributed by atoms with Gasteiger partial charge in [0.2, 0.25) is 5.91 Å². The van der Waals surface area contributed by atoms with E-state index in [1.807, 2.05) is 0 Å². The maximum absolute atomic E-state index is 11.8. The van der Waals surface area contributed by atoms with Crippen LogP contribution in [-0.2, 0) is 11.8 Å². The van der Waals surface area contributed by atoms with Crippen LogP contribution in [0, 0.1) is 0 Å². The summed E-state index contributed by atoms with van der Waals surface area (Å²) in [5.41, 5.74) is -0.0254. The van der Waals surface area contributed by atoms with Crippen LogP contribution in [0.5, 0.6) is 0 Å². The van der Waals surface area contributed by atoms with Crippen LogP contribution in [0.2, 0.25) is 0 Å². The molecule has 0 aliphatic heterocycles. The molecule has 6 heteroatoms. The average molecular weight is 251 g/mol. The van der Waals surface area contributed by atoms with Crippen molar-refractivity contribution in [2.45, 2.75) is 19.9 Å². The zero-order valence-electron chi connectivity index (χ0n) is 10.7. The van der Waals surface area contributed by atoms with Gasteiger partial charge in [0.1, 0.15) is 6.04 Å². The van der Waals surface area contributed by atoms with Crippen molar-refractivity contribution < 1.29 is 9.59 Å². The Kier molecular flexibility index (Phi) is 4.65. The maximum Gasteiger partial charge on any atom is 0.252 e. The second-order valence-corrected chi connectivity index (χ2v) is 3.95. The van der Waals surface area contributed by atoms with Gasteiger partial charge in [-0.2, -0.15) is 0 Å². The van der Waals surface area contributed by atoms with Crippen molar-refractivity contribution in [1.29, 1.82) is 0 Å². The quantitative estimate of drug-likeness (QED) is 0.767. The number of pyridine rings is 1. The summed E-state index contributed by atoms with van der Waals surface area (Å²) in [5.74, 6) is -0.693. The van der Waals surface area contributed by atoms with Gasteiger partial charge in [0, 0.05) is 31.4 Å². The first kappa shape index (κ1) is 14.0. The first-order valence-corrected chi connectivity index (χ1v) is 5.71. The Morgan fingerprint density at radius 3 is 2.67 bits per heavy atom. The highest BCUT2D eigenvalue weighted by Crippen LogP contribution is 1.95. The molecular formula is C12H17N3O3. The lowest BCUT2D eigenvalue weighted by Gasteiger charge is -2.13. The zero-order valence-corrected chi connectivity index (χ0v) is 10.7. The molecule has 1 aromatic rings. The zero-order chi connectivity index (χ0) is 13.7. The molecule has 2 N–H and O–H groups in total. The third kappa shape index (κ3) is 3.44. The van der Waals surface area contributed by atoms with E-state index in [1.54, 1.807) is 20.9 Å². The predicted molar refractivity (Wildman–Crippen MR) is 67.3 cm³/mol. The van der Waals surface area contributed by atoms with Gasteiger partial charge in [0.15, 0.2) is 0 Å². The molecule has 1 rings (SSSR count). The van der Waals surface area contributed by atoms with Crippen LogP contribution in [-0.4, -0.2) is 29.0 Å². The van der Waals surface area contributed by atoms with E-state index in [-0.39, 0.29) is 17.0 Å². The summed E-state index contributed by atoms with van der Waals surface area (Å²) >= 11 is 0. The minimum atomic E-state index is -0.637. The molecule has 2 amide bonds. The van der Waals surface area contributed by atoms with E-state index in [9.17, 15) is 14.4 Å². The van der Waals surface area contributed by atoms with Gasteiger partial charge in [-0.15, -0.1) is 0 Å². The van der Waals surface area contributed by atoms with Gasteiger partial charge in [-0.25, -0.2) is 0 Å². The normalized spacial score (nSPS) is 11.7. The minimum Gasteiger partial charge on any atom is -0.355 e. The maximum atomic E-state index is 11.8. The molecule has 1 heterocycles. The minimum absolute atomic E-state index is 0.245. The Morgan fingerprint density at radius 1 is 1.44 bits per heavy atom. The van der Waals surface area contributed by atoms with E-state index < -0.39 is 11.9 Å². The lowest BCUT2D eigenvalue weighted by atomic mass is 10.2. The molecular weight excluding hydrogens is 234 g/mol. The second-order valence-electron chi connectivity index (χ2n) is 3.95. The second kappa shape index (κ2) is 6.00. The van der Waals surface area contributed by atoms with Crippen molar-refractivity contribution in [2.24, 2.45) is 7.05 Å². The molecule has 1 aromatic heterocycles. The Morgan fingerprint density at radius 2 is 2.11 bits per heavy atom. The Balaban J connectivity index is 2.73. The molecule has 0 aliphatic carbocycles. The Bertz CT molecular complexity index is 508. The number of hydrogen-bond donors (Lipinski definition) is 2. The predicted octanol–water partition coefficient (Wildman–Crippen LogP) is -0.360. The molecule has 18 heavy (non-hydrogen) atoms. The molecule has 0 aliphatic rings. The standard InChI is InChI=1S/C12H17N3O3/c1-4-13-11(17)8(2)14-12(18)9-5-6-15(3)10(16)7-9/h5-8H,4H2,1-3H3,(H,13,17)(H,14,18). The fourth-order valence-corrected chi connectivity index (χ4v) is 1.36. The SMILES string of the molecule is CCNC(=O)C(C)NC(=O)c1ccn(C)c(=O)c1. The van der Waals surface area contributed by atoms with Gasteiger partial charge in [0.25, 0.3) is 11.5 Å². The van der Waals surface area contributed by atoms with Crippen LogP contribution in [0.15, 0.2) is 23.1 Å². The summed E-state index contributed by atoms with van der Waals surface area (Å²) in [6.45, 7) is 3.89. The van der Waals surface area contributed by atoms with Gasteiger partial charge in [-0.05, 0) is 19.9 Å². The molecule has 98 valence electrons. The van der Waals surface area contributed by atoms with Gasteiger partial charge in [0.05, 0.1) is 0 Å². The summed E-state index contributed by atoms with van der Waals surface area (Å²) in [7, 11) is 1.60. The number of aryl methyl sites for hydroxylation is 1. The van der Waals surface area contributed by atoms with Gasteiger partial charge in [-0.3, -0.25) is 14.4 Å². The van der Waals surface area contributed by atoms with Crippen molar-refractivity contribution in [3.63, 3.8) is 0 Å². The summed E-state index contributed by atoms with van der Waals surface area (Å²) in [4.78, 5) is 34.6. The van der Waals surface area contributed by atoms with Crippen LogP contribution in [0.4, 0.5) is 0 Å². The fraction of sp³-hybridized carbons (Fsp3) is 0.417. The number of likely N-dealkylation sites (N-methyl/N-ethyl adjacent to an activating group) is 1. The number of nitrogens with one attached hydrogen (secondary N) is 2. The van der Waals surface area contributed by atoms with Gasteiger partial charge >= 0.3 is 0 Å². The van der Waals surface area contributed by atoms with Crippen LogP contribution in [0.25, 0.3) is 0 Å². The van der Waals surface area contributed by atoms with Crippen LogP contribution < -0.4 is 16.2 Å². The van der Waals surface area contributed by atoms with Gasteiger partial charge in [-0.1, -0.05) is 0 Å². The lowest BCUT2D eigenvalue weighted by Crippen LogP contribution is -2.44. The molecule has 0 saturated heterocycles. The largest absolute Gasteiger partial charge is 0.355 e. The van der Waals surface area contributed by atoms with E-state index in [2.05, 4.69) is 10.6 Å². The molecule has 0 fully saturated rings. The highest BCUT2D eigenvalue weighted by atomic mass is 16.2. The third-order valence-corrected chi connectivity index (χ3v) is 2.46. The van der Waals surface area contributed by atoms with Crippen LogP contribution in [0.3, 0.4) is 0 Å². The smallest absolute Gasteiger partial charge is 0.252 e. The van der Waals surface area contributed by atoms with Crippen molar-refractivity contribution in [3.8, 4) is 0 Å². The Hall–Kier alpha value is -2.11. The number of amides is 2. The molecule has 0 saturated carbocycles. The van der Waals surface area contributed by atoms with E-state index in [0.717, 1.165) is 0 Å². The molecule has 0 spiro atoms. The van der Waals surface area contributed by atoms with Crippen molar-refractivity contribution >= 4 is 11.8 Å². The van der Waals surface area contributed by atoms with E-state index in [1.165, 1.54) is 22.9 Å². The third-order valence-electron chi connectivity index (χ3n) is 2.46. The lowest BCUT2D eigenvalue weighted by molar-refractivity contribution is -0.122. The monoisotopic (exact) mass is 251 g/mol. The topological polar surface area (TPSA) is 80.2 Å². The van der Waals surface area contributed by atoms with E-state index in [0.29, 0.717) is 6.54 Å².